The van der Waals surface area contributed by atoms with Crippen molar-refractivity contribution in [1.82, 2.24) is 5.32 Å². The van der Waals surface area contributed by atoms with Crippen LogP contribution in [0.2, 0.25) is 0 Å². The molecule has 3 N–H and O–H groups in total. The Kier molecular flexibility index (Phi) is 12.0. The molecule has 5 heteroatoms. The molecule has 0 bridgehead atoms. The summed E-state index contributed by atoms with van der Waals surface area (Å²) in [6, 6.07) is 0.00251. The van der Waals surface area contributed by atoms with Crippen molar-refractivity contribution in [2.24, 2.45) is 5.73 Å². The van der Waals surface area contributed by atoms with Gasteiger partial charge in [-0.1, -0.05) is 6.61 Å². The predicted octanol–water partition coefficient (Wildman–Crippen LogP) is -0.312. The topological polar surface area (TPSA) is 64.3 Å². The first-order valence-corrected chi connectivity index (χ1v) is 4.06. The normalized spacial score (nSPS) is 11.6. The minimum Gasteiger partial charge on any atom is -0.413 e. The summed E-state index contributed by atoms with van der Waals surface area (Å²) in [6.45, 7) is 6.67. The molecule has 0 saturated heterocycles. The molecule has 0 aromatic carbocycles. The summed E-state index contributed by atoms with van der Waals surface area (Å²) in [6.07, 6.45) is 0.377. The van der Waals surface area contributed by atoms with E-state index in [9.17, 15) is 4.79 Å². The zero-order chi connectivity index (χ0) is 9.40. The Morgan fingerprint density at radius 2 is 2.31 bits per heavy atom. The quantitative estimate of drug-likeness (QED) is 0.480. The summed E-state index contributed by atoms with van der Waals surface area (Å²) in [4.78, 5) is 11.0. The van der Waals surface area contributed by atoms with Gasteiger partial charge >= 0.3 is 0 Å². The van der Waals surface area contributed by atoms with Gasteiger partial charge in [0.05, 0.1) is 6.61 Å². The van der Waals surface area contributed by atoms with Crippen LogP contribution in [0.4, 0.5) is 0 Å². The molecule has 4 nitrogen and oxygen atoms in total. The molecule has 0 aliphatic heterocycles. The molecular formula is C8H17N2O2V-. The number of carbonyl (C=O) groups excluding carboxylic acids is 1. The van der Waals surface area contributed by atoms with Gasteiger partial charge in [0.25, 0.3) is 0 Å². The maximum absolute atomic E-state index is 11.0. The predicted molar refractivity (Wildman–Crippen MR) is 47.5 cm³/mol. The fraction of sp³-hybridized carbons (Fsp3) is 0.750. The van der Waals surface area contributed by atoms with Crippen molar-refractivity contribution in [3.8, 4) is 0 Å². The van der Waals surface area contributed by atoms with Crippen LogP contribution >= 0.6 is 0 Å². The number of rotatable bonds is 6. The average molecular weight is 224 g/mol. The summed E-state index contributed by atoms with van der Waals surface area (Å²) in [5.74, 6) is -0.0271. The molecule has 0 fully saturated rings. The molecule has 0 heterocycles. The van der Waals surface area contributed by atoms with Crippen molar-refractivity contribution in [2.75, 3.05) is 19.8 Å². The molecule has 0 aromatic heterocycles. The average Bonchev–Trinajstić information content (AvgIpc) is 2.01. The number of ether oxygens (including phenoxy) is 1. The first kappa shape index (κ1) is 15.4. The van der Waals surface area contributed by atoms with E-state index in [-0.39, 0.29) is 30.5 Å². The van der Waals surface area contributed by atoms with Crippen molar-refractivity contribution in [2.45, 2.75) is 19.4 Å². The SMILES string of the molecule is [CH2-]COCCC(=O)NCC(C)N.[V]. The van der Waals surface area contributed by atoms with Crippen molar-refractivity contribution >= 4 is 5.91 Å². The minimum atomic E-state index is -0.0271. The Morgan fingerprint density at radius 1 is 1.69 bits per heavy atom. The van der Waals surface area contributed by atoms with Crippen LogP contribution < -0.4 is 11.1 Å². The Bertz CT molecular complexity index is 131. The third-order valence-electron chi connectivity index (χ3n) is 1.24. The van der Waals surface area contributed by atoms with Crippen LogP contribution in [0.1, 0.15) is 13.3 Å². The molecule has 0 aromatic rings. The van der Waals surface area contributed by atoms with Crippen molar-refractivity contribution in [1.29, 1.82) is 0 Å². The standard InChI is InChI=1S/C8H17N2O2.V/c1-3-12-5-4-8(11)10-6-7(2)9;/h7H,1,3-6,9H2,2H3,(H,10,11);/q-1;. The van der Waals surface area contributed by atoms with Crippen LogP contribution in [-0.2, 0) is 28.1 Å². The number of hydrogen-bond donors (Lipinski definition) is 2. The van der Waals surface area contributed by atoms with Crippen LogP contribution in [0.25, 0.3) is 0 Å². The van der Waals surface area contributed by atoms with E-state index in [1.165, 1.54) is 0 Å². The van der Waals surface area contributed by atoms with Crippen LogP contribution in [0, 0.1) is 6.92 Å². The first-order valence-electron chi connectivity index (χ1n) is 4.06. The van der Waals surface area contributed by atoms with Gasteiger partial charge in [-0.25, -0.2) is 0 Å². The molecule has 1 amide bonds. The monoisotopic (exact) mass is 224 g/mol. The zero-order valence-corrected chi connectivity index (χ0v) is 9.35. The minimum absolute atomic E-state index is 0. The molecule has 13 heavy (non-hydrogen) atoms. The fourth-order valence-electron chi connectivity index (χ4n) is 0.630. The Balaban J connectivity index is 0. The molecule has 0 aliphatic carbocycles. The molecule has 0 rings (SSSR count). The van der Waals surface area contributed by atoms with Crippen LogP contribution in [0.15, 0.2) is 0 Å². The number of nitrogens with two attached hydrogens (primary N) is 1. The second kappa shape index (κ2) is 10.1. The van der Waals surface area contributed by atoms with E-state index in [2.05, 4.69) is 12.2 Å². The molecule has 1 radical (unpaired) electrons. The van der Waals surface area contributed by atoms with Crippen LogP contribution in [0.5, 0.6) is 0 Å². The van der Waals surface area contributed by atoms with Gasteiger partial charge in [-0.05, 0) is 6.92 Å². The second-order valence-corrected chi connectivity index (χ2v) is 2.64. The van der Waals surface area contributed by atoms with Crippen LogP contribution in [0.3, 0.4) is 0 Å². The van der Waals surface area contributed by atoms with E-state index >= 15 is 0 Å². The Morgan fingerprint density at radius 3 is 2.77 bits per heavy atom. The third kappa shape index (κ3) is 12.0. The summed E-state index contributed by atoms with van der Waals surface area (Å²) < 4.78 is 4.91. The number of carbonyl (C=O) groups is 1. The maximum atomic E-state index is 11.0. The summed E-state index contributed by atoms with van der Waals surface area (Å²) in [7, 11) is 0. The zero-order valence-electron chi connectivity index (χ0n) is 7.95. The summed E-state index contributed by atoms with van der Waals surface area (Å²) in [5, 5.41) is 2.68. The second-order valence-electron chi connectivity index (χ2n) is 2.64. The number of amides is 1. The molecule has 77 valence electrons. The summed E-state index contributed by atoms with van der Waals surface area (Å²) in [5.41, 5.74) is 5.44. The van der Waals surface area contributed by atoms with E-state index in [4.69, 9.17) is 10.5 Å². The molecular weight excluding hydrogens is 207 g/mol. The van der Waals surface area contributed by atoms with Gasteiger partial charge in [-0.2, -0.15) is 0 Å². The molecule has 1 atom stereocenters. The van der Waals surface area contributed by atoms with E-state index < -0.39 is 0 Å². The van der Waals surface area contributed by atoms with Gasteiger partial charge in [0.15, 0.2) is 0 Å². The summed E-state index contributed by atoms with van der Waals surface area (Å²) >= 11 is 0. The van der Waals surface area contributed by atoms with Gasteiger partial charge in [-0.15, -0.1) is 0 Å². The molecule has 0 aliphatic rings. The van der Waals surface area contributed by atoms with Gasteiger partial charge in [-0.3, -0.25) is 4.79 Å². The third-order valence-corrected chi connectivity index (χ3v) is 1.24. The number of nitrogens with one attached hydrogen (secondary N) is 1. The maximum Gasteiger partial charge on any atom is 0.222 e. The smallest absolute Gasteiger partial charge is 0.222 e. The largest absolute Gasteiger partial charge is 0.413 e. The van der Waals surface area contributed by atoms with Crippen molar-refractivity contribution in [3.63, 3.8) is 0 Å². The van der Waals surface area contributed by atoms with E-state index in [0.717, 1.165) is 0 Å². The van der Waals surface area contributed by atoms with E-state index in [1.54, 1.807) is 0 Å². The Labute approximate surface area is 91.5 Å². The number of hydrogen-bond acceptors (Lipinski definition) is 3. The van der Waals surface area contributed by atoms with Gasteiger partial charge in [0.2, 0.25) is 5.91 Å². The van der Waals surface area contributed by atoms with E-state index in [0.29, 0.717) is 26.2 Å². The molecule has 1 unspecified atom stereocenters. The van der Waals surface area contributed by atoms with Crippen LogP contribution in [-0.4, -0.2) is 31.7 Å². The van der Waals surface area contributed by atoms with Gasteiger partial charge in [0, 0.05) is 37.6 Å². The van der Waals surface area contributed by atoms with Crippen molar-refractivity contribution in [3.05, 3.63) is 6.92 Å². The van der Waals surface area contributed by atoms with E-state index in [1.807, 2.05) is 6.92 Å². The molecule has 0 spiro atoms. The molecule has 0 saturated carbocycles. The van der Waals surface area contributed by atoms with Gasteiger partial charge < -0.3 is 22.7 Å². The van der Waals surface area contributed by atoms with Gasteiger partial charge in [0.1, 0.15) is 0 Å². The fourth-order valence-corrected chi connectivity index (χ4v) is 0.630. The van der Waals surface area contributed by atoms with Crippen molar-refractivity contribution < 1.29 is 28.1 Å². The Hall–Kier alpha value is -0.0256. The first-order chi connectivity index (χ1) is 5.66.